The fourth-order valence-electron chi connectivity index (χ4n) is 3.05. The first-order valence-electron chi connectivity index (χ1n) is 10.1. The molecule has 0 N–H and O–H groups in total. The van der Waals surface area contributed by atoms with E-state index in [-0.39, 0.29) is 28.7 Å². The molecule has 1 aliphatic heterocycles. The van der Waals surface area contributed by atoms with Crippen LogP contribution in [0.3, 0.4) is 0 Å². The highest BCUT2D eigenvalue weighted by Gasteiger charge is 2.34. The minimum Gasteiger partial charge on any atom is -0.492 e. The normalized spacial score (nSPS) is 15.1. The Bertz CT molecular complexity index is 1340. The number of thioether (sulfide) groups is 1. The molecular weight excluding hydrogens is 498 g/mol. The lowest BCUT2D eigenvalue weighted by Crippen LogP contribution is -2.32. The molecule has 0 unspecified atom stereocenters. The number of imide groups is 1. The highest BCUT2D eigenvalue weighted by atomic mass is 35.5. The van der Waals surface area contributed by atoms with Crippen LogP contribution < -0.4 is 8.92 Å². The molecule has 3 aromatic carbocycles. The molecule has 34 heavy (non-hydrogen) atoms. The number of carbonyl (C=O) groups is 2. The lowest BCUT2D eigenvalue weighted by molar-refractivity contribution is -0.123. The minimum absolute atomic E-state index is 0.0299. The molecule has 0 aliphatic carbocycles. The molecule has 0 aromatic heterocycles. The summed E-state index contributed by atoms with van der Waals surface area (Å²) in [5.41, 5.74) is 0.517. The van der Waals surface area contributed by atoms with E-state index < -0.39 is 21.3 Å². The number of rotatable bonds is 8. The summed E-state index contributed by atoms with van der Waals surface area (Å²) in [5.74, 6) is 0.223. The van der Waals surface area contributed by atoms with E-state index in [1.807, 2.05) is 0 Å². The first-order chi connectivity index (χ1) is 16.3. The SMILES string of the molecule is O=C1S/C(=C\c2cccc(OS(=O)(=O)c3ccccc3)c2)C(=O)N1CCOc1ccc(Cl)cc1. The second kappa shape index (κ2) is 10.3. The van der Waals surface area contributed by atoms with Gasteiger partial charge in [0.25, 0.3) is 11.1 Å². The Morgan fingerprint density at radius 3 is 2.38 bits per heavy atom. The smallest absolute Gasteiger partial charge is 0.339 e. The molecule has 10 heteroatoms. The zero-order valence-electron chi connectivity index (χ0n) is 17.6. The Morgan fingerprint density at radius 2 is 1.65 bits per heavy atom. The van der Waals surface area contributed by atoms with E-state index >= 15 is 0 Å². The fraction of sp³-hybridized carbons (Fsp3) is 0.0833. The van der Waals surface area contributed by atoms with Crippen LogP contribution in [0, 0.1) is 0 Å². The third-order valence-corrected chi connectivity index (χ3v) is 7.09. The van der Waals surface area contributed by atoms with E-state index in [0.717, 1.165) is 16.7 Å². The number of hydrogen-bond acceptors (Lipinski definition) is 7. The van der Waals surface area contributed by atoms with Crippen molar-refractivity contribution in [3.05, 3.63) is 94.4 Å². The van der Waals surface area contributed by atoms with Crippen molar-refractivity contribution < 1.29 is 26.9 Å². The zero-order valence-corrected chi connectivity index (χ0v) is 20.0. The van der Waals surface area contributed by atoms with Gasteiger partial charge >= 0.3 is 10.1 Å². The summed E-state index contributed by atoms with van der Waals surface area (Å²) in [4.78, 5) is 26.4. The van der Waals surface area contributed by atoms with Crippen molar-refractivity contribution in [2.75, 3.05) is 13.2 Å². The van der Waals surface area contributed by atoms with Gasteiger partial charge in [-0.05, 0) is 71.9 Å². The van der Waals surface area contributed by atoms with Gasteiger partial charge in [-0.15, -0.1) is 0 Å². The molecule has 1 heterocycles. The Kier molecular flexibility index (Phi) is 7.26. The standard InChI is InChI=1S/C24H18ClNO6S2/c25-18-9-11-19(12-10-18)31-14-13-26-23(27)22(33-24(26)28)16-17-5-4-6-20(15-17)32-34(29,30)21-7-2-1-3-8-21/h1-12,15-16H,13-14H2/b22-16-. The summed E-state index contributed by atoms with van der Waals surface area (Å²) in [7, 11) is -4.00. The molecule has 0 spiro atoms. The van der Waals surface area contributed by atoms with Crippen molar-refractivity contribution in [3.8, 4) is 11.5 Å². The van der Waals surface area contributed by atoms with Gasteiger partial charge in [-0.25, -0.2) is 0 Å². The van der Waals surface area contributed by atoms with Gasteiger partial charge in [0, 0.05) is 5.02 Å². The van der Waals surface area contributed by atoms with E-state index in [2.05, 4.69) is 0 Å². The number of ether oxygens (including phenoxy) is 1. The lowest BCUT2D eigenvalue weighted by atomic mass is 10.2. The predicted octanol–water partition coefficient (Wildman–Crippen LogP) is 5.22. The van der Waals surface area contributed by atoms with Crippen LogP contribution in [0.2, 0.25) is 5.02 Å². The summed E-state index contributed by atoms with van der Waals surface area (Å²) >= 11 is 6.65. The highest BCUT2D eigenvalue weighted by Crippen LogP contribution is 2.32. The number of hydrogen-bond donors (Lipinski definition) is 0. The van der Waals surface area contributed by atoms with Crippen LogP contribution in [0.5, 0.6) is 11.5 Å². The van der Waals surface area contributed by atoms with Crippen LogP contribution in [-0.4, -0.2) is 37.6 Å². The molecule has 4 rings (SSSR count). The molecule has 3 aromatic rings. The molecule has 1 aliphatic rings. The third-order valence-electron chi connectivity index (χ3n) is 4.66. The molecule has 0 radical (unpaired) electrons. The first-order valence-corrected chi connectivity index (χ1v) is 12.7. The quantitative estimate of drug-likeness (QED) is 0.300. The first kappa shape index (κ1) is 23.9. The molecule has 7 nitrogen and oxygen atoms in total. The lowest BCUT2D eigenvalue weighted by Gasteiger charge is -2.13. The summed E-state index contributed by atoms with van der Waals surface area (Å²) in [6.45, 7) is 0.219. The topological polar surface area (TPSA) is 90.0 Å². The van der Waals surface area contributed by atoms with Crippen LogP contribution in [0.1, 0.15) is 5.56 Å². The Morgan fingerprint density at radius 1 is 0.912 bits per heavy atom. The van der Waals surface area contributed by atoms with Gasteiger partial charge in [-0.3, -0.25) is 14.5 Å². The van der Waals surface area contributed by atoms with Gasteiger partial charge in [0.15, 0.2) is 0 Å². The highest BCUT2D eigenvalue weighted by molar-refractivity contribution is 8.18. The van der Waals surface area contributed by atoms with Crippen molar-refractivity contribution >= 4 is 50.7 Å². The zero-order chi connectivity index (χ0) is 24.1. The van der Waals surface area contributed by atoms with E-state index in [1.165, 1.54) is 30.3 Å². The number of amides is 2. The molecule has 1 saturated heterocycles. The maximum atomic E-state index is 12.7. The molecule has 0 saturated carbocycles. The van der Waals surface area contributed by atoms with E-state index in [0.29, 0.717) is 16.3 Å². The van der Waals surface area contributed by atoms with Crippen molar-refractivity contribution in [1.29, 1.82) is 0 Å². The number of carbonyl (C=O) groups excluding carboxylic acids is 2. The summed E-state index contributed by atoms with van der Waals surface area (Å²) < 4.78 is 35.7. The molecule has 174 valence electrons. The number of halogens is 1. The Labute approximate surface area is 206 Å². The van der Waals surface area contributed by atoms with Gasteiger partial charge < -0.3 is 8.92 Å². The van der Waals surface area contributed by atoms with Crippen LogP contribution in [0.15, 0.2) is 88.7 Å². The summed E-state index contributed by atoms with van der Waals surface area (Å²) in [5, 5.41) is 0.172. The Balaban J connectivity index is 1.42. The van der Waals surface area contributed by atoms with Gasteiger partial charge in [0.1, 0.15) is 23.0 Å². The van der Waals surface area contributed by atoms with Crippen molar-refractivity contribution in [1.82, 2.24) is 4.90 Å². The van der Waals surface area contributed by atoms with E-state index in [9.17, 15) is 18.0 Å². The minimum atomic E-state index is -4.00. The van der Waals surface area contributed by atoms with Crippen LogP contribution in [0.25, 0.3) is 6.08 Å². The fourth-order valence-corrected chi connectivity index (χ4v) is 4.98. The average molecular weight is 516 g/mol. The molecular formula is C24H18ClNO6S2. The average Bonchev–Trinajstić information content (AvgIpc) is 3.08. The monoisotopic (exact) mass is 515 g/mol. The van der Waals surface area contributed by atoms with Crippen molar-refractivity contribution in [2.45, 2.75) is 4.90 Å². The number of nitrogens with zero attached hydrogens (tertiary/aromatic N) is 1. The van der Waals surface area contributed by atoms with Crippen LogP contribution in [-0.2, 0) is 14.9 Å². The van der Waals surface area contributed by atoms with Gasteiger partial charge in [0.2, 0.25) is 0 Å². The second-order valence-corrected chi connectivity index (χ2v) is 10.0. The van der Waals surface area contributed by atoms with Crippen LogP contribution >= 0.6 is 23.4 Å². The van der Waals surface area contributed by atoms with Crippen molar-refractivity contribution in [3.63, 3.8) is 0 Å². The summed E-state index contributed by atoms with van der Waals surface area (Å²) in [6, 6.07) is 20.8. The summed E-state index contributed by atoms with van der Waals surface area (Å²) in [6.07, 6.45) is 1.52. The van der Waals surface area contributed by atoms with E-state index in [1.54, 1.807) is 54.6 Å². The predicted molar refractivity (Wildman–Crippen MR) is 130 cm³/mol. The molecule has 0 bridgehead atoms. The second-order valence-electron chi connectivity index (χ2n) is 7.06. The Hall–Kier alpha value is -3.27. The van der Waals surface area contributed by atoms with Crippen LogP contribution in [0.4, 0.5) is 4.79 Å². The molecule has 1 fully saturated rings. The molecule has 0 atom stereocenters. The van der Waals surface area contributed by atoms with E-state index in [4.69, 9.17) is 20.5 Å². The molecule has 2 amide bonds. The maximum Gasteiger partial charge on any atom is 0.339 e. The van der Waals surface area contributed by atoms with Gasteiger partial charge in [-0.1, -0.05) is 41.9 Å². The maximum absolute atomic E-state index is 12.7. The number of benzene rings is 3. The largest absolute Gasteiger partial charge is 0.492 e. The van der Waals surface area contributed by atoms with Gasteiger partial charge in [-0.2, -0.15) is 8.42 Å². The van der Waals surface area contributed by atoms with Gasteiger partial charge in [0.05, 0.1) is 11.4 Å². The van der Waals surface area contributed by atoms with Crippen molar-refractivity contribution in [2.24, 2.45) is 0 Å². The third kappa shape index (κ3) is 5.80.